The predicted octanol–water partition coefficient (Wildman–Crippen LogP) is 3.74. The molecule has 0 fully saturated rings. The van der Waals surface area contributed by atoms with Crippen molar-refractivity contribution in [3.05, 3.63) is 59.7 Å². The van der Waals surface area contributed by atoms with Gasteiger partial charge in [0.2, 0.25) is 0 Å². The number of aliphatic hydroxyl groups excluding tert-OH is 1. The molecule has 2 aromatic rings. The lowest BCUT2D eigenvalue weighted by molar-refractivity contribution is -0.206. The molecule has 0 aromatic heterocycles. The van der Waals surface area contributed by atoms with Gasteiger partial charge in [0.05, 0.1) is 5.69 Å². The molecule has 0 spiro atoms. The largest absolute Gasteiger partial charge is 0.507 e. The van der Waals surface area contributed by atoms with Crippen molar-refractivity contribution >= 4 is 11.9 Å². The Morgan fingerprint density at radius 2 is 1.62 bits per heavy atom. The minimum Gasteiger partial charge on any atom is -0.507 e. The van der Waals surface area contributed by atoms with Crippen molar-refractivity contribution in [1.29, 1.82) is 0 Å². The third-order valence-electron chi connectivity index (χ3n) is 2.82. The lowest BCUT2D eigenvalue weighted by Crippen LogP contribution is -2.20. The highest BCUT2D eigenvalue weighted by atomic mass is 19.4. The van der Waals surface area contributed by atoms with Crippen LogP contribution in [0.15, 0.2) is 53.5 Å². The van der Waals surface area contributed by atoms with Crippen LogP contribution in [0.2, 0.25) is 0 Å². The summed E-state index contributed by atoms with van der Waals surface area (Å²) >= 11 is 0. The molecule has 2 aromatic carbocycles. The average Bonchev–Trinajstić information content (AvgIpc) is 2.45. The first-order chi connectivity index (χ1) is 9.89. The summed E-state index contributed by atoms with van der Waals surface area (Å²) in [5.41, 5.74) is 0.0241. The molecule has 0 aliphatic rings. The zero-order valence-corrected chi connectivity index (χ0v) is 10.7. The van der Waals surface area contributed by atoms with E-state index in [1.165, 1.54) is 30.5 Å². The fourth-order valence-corrected chi connectivity index (χ4v) is 1.75. The van der Waals surface area contributed by atoms with Crippen LogP contribution in [0.4, 0.5) is 18.9 Å². The molecule has 0 aliphatic carbocycles. The van der Waals surface area contributed by atoms with E-state index in [1.807, 2.05) is 0 Å². The van der Waals surface area contributed by atoms with Gasteiger partial charge in [-0.05, 0) is 18.2 Å². The van der Waals surface area contributed by atoms with Gasteiger partial charge in [-0.15, -0.1) is 0 Å². The van der Waals surface area contributed by atoms with Crippen LogP contribution < -0.4 is 0 Å². The lowest BCUT2D eigenvalue weighted by Gasteiger charge is -2.16. The van der Waals surface area contributed by atoms with Crippen LogP contribution in [0.3, 0.4) is 0 Å². The molecule has 0 saturated carbocycles. The Balaban J connectivity index is 2.36. The van der Waals surface area contributed by atoms with Crippen molar-refractivity contribution in [3.8, 4) is 5.75 Å². The number of rotatable bonds is 3. The molecular weight excluding hydrogens is 283 g/mol. The normalized spacial score (nSPS) is 13.5. The average molecular weight is 295 g/mol. The van der Waals surface area contributed by atoms with E-state index in [-0.39, 0.29) is 17.0 Å². The highest BCUT2D eigenvalue weighted by molar-refractivity contribution is 5.85. The van der Waals surface area contributed by atoms with Gasteiger partial charge in [-0.3, -0.25) is 4.99 Å². The van der Waals surface area contributed by atoms with Crippen molar-refractivity contribution in [1.82, 2.24) is 0 Å². The summed E-state index contributed by atoms with van der Waals surface area (Å²) in [5.74, 6) is -0.0323. The Hall–Kier alpha value is -2.34. The second-order valence-electron chi connectivity index (χ2n) is 4.32. The Morgan fingerprint density at radius 3 is 2.29 bits per heavy atom. The molecule has 0 bridgehead atoms. The minimum absolute atomic E-state index is 0.00872. The number of phenols is 1. The van der Waals surface area contributed by atoms with E-state index in [4.69, 9.17) is 0 Å². The van der Waals surface area contributed by atoms with E-state index in [0.29, 0.717) is 5.56 Å². The van der Waals surface area contributed by atoms with Crippen LogP contribution in [0.25, 0.3) is 0 Å². The highest BCUT2D eigenvalue weighted by Gasteiger charge is 2.40. The number of hydrogen-bond acceptors (Lipinski definition) is 3. The molecule has 21 heavy (non-hydrogen) atoms. The van der Waals surface area contributed by atoms with Gasteiger partial charge in [-0.25, -0.2) is 0 Å². The van der Waals surface area contributed by atoms with Gasteiger partial charge in [0.15, 0.2) is 6.10 Å². The summed E-state index contributed by atoms with van der Waals surface area (Å²) in [6.45, 7) is 0. The molecule has 2 N–H and O–H groups in total. The number of aliphatic imine (C=N–C) groups is 1. The smallest absolute Gasteiger partial charge is 0.418 e. The Kier molecular flexibility index (Phi) is 4.28. The summed E-state index contributed by atoms with van der Waals surface area (Å²) < 4.78 is 37.8. The van der Waals surface area contributed by atoms with Crippen LogP contribution in [-0.2, 0) is 0 Å². The van der Waals surface area contributed by atoms with E-state index < -0.39 is 12.3 Å². The molecule has 0 amide bonds. The van der Waals surface area contributed by atoms with Crippen LogP contribution in [-0.4, -0.2) is 22.6 Å². The van der Waals surface area contributed by atoms with Crippen molar-refractivity contribution in [2.75, 3.05) is 0 Å². The Morgan fingerprint density at radius 1 is 1.00 bits per heavy atom. The van der Waals surface area contributed by atoms with E-state index in [1.54, 1.807) is 18.2 Å². The third kappa shape index (κ3) is 3.61. The summed E-state index contributed by atoms with van der Waals surface area (Å²) in [4.78, 5) is 3.93. The van der Waals surface area contributed by atoms with Gasteiger partial charge in [-0.2, -0.15) is 13.2 Å². The monoisotopic (exact) mass is 295 g/mol. The van der Waals surface area contributed by atoms with Gasteiger partial charge in [0, 0.05) is 17.3 Å². The first-order valence-corrected chi connectivity index (χ1v) is 6.05. The van der Waals surface area contributed by atoms with Gasteiger partial charge < -0.3 is 10.2 Å². The molecular formula is C15H12F3NO2. The zero-order valence-electron chi connectivity index (χ0n) is 10.7. The molecule has 3 nitrogen and oxygen atoms in total. The maximum Gasteiger partial charge on any atom is 0.418 e. The van der Waals surface area contributed by atoms with Crippen molar-refractivity contribution in [2.24, 2.45) is 4.99 Å². The summed E-state index contributed by atoms with van der Waals surface area (Å²) in [6, 6.07) is 11.7. The van der Waals surface area contributed by atoms with Crippen molar-refractivity contribution in [3.63, 3.8) is 0 Å². The maximum absolute atomic E-state index is 12.6. The number of aromatic hydroxyl groups is 1. The molecule has 110 valence electrons. The number of nitrogens with zero attached hydrogens (tertiary/aromatic N) is 1. The van der Waals surface area contributed by atoms with E-state index in [9.17, 15) is 23.4 Å². The number of phenolic OH excluding ortho intramolecular Hbond substituents is 1. The van der Waals surface area contributed by atoms with Crippen LogP contribution in [0.1, 0.15) is 17.2 Å². The molecule has 0 heterocycles. The SMILES string of the molecule is Oc1ccccc1C=Nc1ccccc1[C@H](O)C(F)(F)F. The zero-order chi connectivity index (χ0) is 15.5. The van der Waals surface area contributed by atoms with Crippen LogP contribution >= 0.6 is 0 Å². The fraction of sp³-hybridized carbons (Fsp3) is 0.133. The Labute approximate surface area is 119 Å². The van der Waals surface area contributed by atoms with E-state index in [0.717, 1.165) is 6.07 Å². The molecule has 2 rings (SSSR count). The third-order valence-corrected chi connectivity index (χ3v) is 2.82. The molecule has 1 atom stereocenters. The molecule has 0 saturated heterocycles. The van der Waals surface area contributed by atoms with Crippen molar-refractivity contribution in [2.45, 2.75) is 12.3 Å². The van der Waals surface area contributed by atoms with Crippen molar-refractivity contribution < 1.29 is 23.4 Å². The predicted molar refractivity (Wildman–Crippen MR) is 72.8 cm³/mol. The fourth-order valence-electron chi connectivity index (χ4n) is 1.75. The summed E-state index contributed by atoms with van der Waals surface area (Å²) in [6.07, 6.45) is -6.12. The van der Waals surface area contributed by atoms with E-state index in [2.05, 4.69) is 4.99 Å². The van der Waals surface area contributed by atoms with Crippen LogP contribution in [0.5, 0.6) is 5.75 Å². The lowest BCUT2D eigenvalue weighted by atomic mass is 10.1. The first kappa shape index (κ1) is 15.1. The quantitative estimate of drug-likeness (QED) is 0.848. The number of hydrogen-bond donors (Lipinski definition) is 2. The van der Waals surface area contributed by atoms with Gasteiger partial charge in [0.25, 0.3) is 0 Å². The van der Waals surface area contributed by atoms with Crippen LogP contribution in [0, 0.1) is 0 Å². The number of benzene rings is 2. The number of alkyl halides is 3. The second kappa shape index (κ2) is 5.97. The summed E-state index contributed by atoms with van der Waals surface area (Å²) in [7, 11) is 0. The molecule has 6 heteroatoms. The van der Waals surface area contributed by atoms with E-state index >= 15 is 0 Å². The number of halogens is 3. The van der Waals surface area contributed by atoms with Gasteiger partial charge >= 0.3 is 6.18 Å². The number of para-hydroxylation sites is 2. The summed E-state index contributed by atoms with van der Waals surface area (Å²) in [5, 5.41) is 18.9. The topological polar surface area (TPSA) is 52.8 Å². The second-order valence-corrected chi connectivity index (χ2v) is 4.32. The highest BCUT2D eigenvalue weighted by Crippen LogP contribution is 2.37. The Bertz CT molecular complexity index is 653. The standard InChI is InChI=1S/C15H12F3NO2/c16-15(17,18)14(21)11-6-2-3-7-12(11)19-9-10-5-1-4-8-13(10)20/h1-9,14,20-21H/t14-/m0/s1. The molecule has 0 radical (unpaired) electrons. The molecule has 0 unspecified atom stereocenters. The molecule has 0 aliphatic heterocycles. The van der Waals surface area contributed by atoms with Gasteiger partial charge in [-0.1, -0.05) is 30.3 Å². The maximum atomic E-state index is 12.6. The van der Waals surface area contributed by atoms with Gasteiger partial charge in [0.1, 0.15) is 5.75 Å². The minimum atomic E-state index is -4.76. The first-order valence-electron chi connectivity index (χ1n) is 6.05. The number of aliphatic hydroxyl groups is 1.